The highest BCUT2D eigenvalue weighted by Crippen LogP contribution is 2.31. The quantitative estimate of drug-likeness (QED) is 0.767. The largest absolute Gasteiger partial charge is 0.330 e. The lowest BCUT2D eigenvalue weighted by Gasteiger charge is -2.24. The lowest BCUT2D eigenvalue weighted by molar-refractivity contribution is 0.251. The molecular formula is C14H23N3. The Balaban J connectivity index is 1.85. The SMILES string of the molecule is NCCCCCN1CCC[C@H]1c1cccnc1. The van der Waals surface area contributed by atoms with Crippen LogP contribution >= 0.6 is 0 Å². The molecule has 1 aliphatic rings. The summed E-state index contributed by atoms with van der Waals surface area (Å²) in [5, 5.41) is 0. The van der Waals surface area contributed by atoms with E-state index in [-0.39, 0.29) is 0 Å². The maximum absolute atomic E-state index is 5.52. The van der Waals surface area contributed by atoms with Crippen molar-refractivity contribution >= 4 is 0 Å². The zero-order valence-electron chi connectivity index (χ0n) is 10.5. The average Bonchev–Trinajstić information content (AvgIpc) is 2.84. The maximum atomic E-state index is 5.52. The lowest BCUT2D eigenvalue weighted by Crippen LogP contribution is -2.24. The van der Waals surface area contributed by atoms with E-state index in [0.29, 0.717) is 6.04 Å². The summed E-state index contributed by atoms with van der Waals surface area (Å²) in [4.78, 5) is 6.83. The third-order valence-electron chi connectivity index (χ3n) is 3.58. The number of pyridine rings is 1. The summed E-state index contributed by atoms with van der Waals surface area (Å²) in [5.74, 6) is 0. The average molecular weight is 233 g/mol. The van der Waals surface area contributed by atoms with Gasteiger partial charge in [0.1, 0.15) is 0 Å². The second-order valence-electron chi connectivity index (χ2n) is 4.83. The Bertz CT molecular complexity index is 313. The molecule has 0 radical (unpaired) electrons. The van der Waals surface area contributed by atoms with Gasteiger partial charge in [-0.15, -0.1) is 0 Å². The Morgan fingerprint density at radius 2 is 2.29 bits per heavy atom. The molecule has 1 saturated heterocycles. The van der Waals surface area contributed by atoms with E-state index in [4.69, 9.17) is 5.73 Å². The molecule has 94 valence electrons. The van der Waals surface area contributed by atoms with Gasteiger partial charge in [0, 0.05) is 18.4 Å². The molecule has 1 aromatic rings. The van der Waals surface area contributed by atoms with E-state index in [1.807, 2.05) is 18.5 Å². The summed E-state index contributed by atoms with van der Waals surface area (Å²) in [7, 11) is 0. The first-order chi connectivity index (χ1) is 8.42. The van der Waals surface area contributed by atoms with E-state index in [1.165, 1.54) is 44.3 Å². The fourth-order valence-corrected chi connectivity index (χ4v) is 2.68. The summed E-state index contributed by atoms with van der Waals surface area (Å²) in [5.41, 5.74) is 6.90. The standard InChI is InChI=1S/C14H23N3/c15-8-2-1-3-10-17-11-5-7-14(17)13-6-4-9-16-12-13/h4,6,9,12,14H,1-3,5,7-8,10-11,15H2/t14-/m0/s1. The van der Waals surface area contributed by atoms with Gasteiger partial charge in [0.2, 0.25) is 0 Å². The number of likely N-dealkylation sites (tertiary alicyclic amines) is 1. The van der Waals surface area contributed by atoms with E-state index in [2.05, 4.69) is 16.0 Å². The predicted molar refractivity (Wildman–Crippen MR) is 70.7 cm³/mol. The minimum absolute atomic E-state index is 0.599. The molecule has 0 aliphatic carbocycles. The molecule has 2 N–H and O–H groups in total. The predicted octanol–water partition coefficient (Wildman–Crippen LogP) is 2.35. The van der Waals surface area contributed by atoms with Crippen LogP contribution in [0.25, 0.3) is 0 Å². The third kappa shape index (κ3) is 3.51. The second-order valence-corrected chi connectivity index (χ2v) is 4.83. The van der Waals surface area contributed by atoms with Gasteiger partial charge in [0.25, 0.3) is 0 Å². The van der Waals surface area contributed by atoms with Gasteiger partial charge in [-0.2, -0.15) is 0 Å². The molecule has 3 heteroatoms. The Morgan fingerprint density at radius 1 is 1.35 bits per heavy atom. The summed E-state index contributed by atoms with van der Waals surface area (Å²) < 4.78 is 0. The molecular weight excluding hydrogens is 210 g/mol. The van der Waals surface area contributed by atoms with Crippen LogP contribution in [0, 0.1) is 0 Å². The van der Waals surface area contributed by atoms with E-state index in [0.717, 1.165) is 13.0 Å². The minimum Gasteiger partial charge on any atom is -0.330 e. The highest BCUT2D eigenvalue weighted by molar-refractivity contribution is 5.15. The van der Waals surface area contributed by atoms with Crippen molar-refractivity contribution in [1.82, 2.24) is 9.88 Å². The molecule has 0 bridgehead atoms. The van der Waals surface area contributed by atoms with Crippen LogP contribution < -0.4 is 5.73 Å². The van der Waals surface area contributed by atoms with E-state index in [9.17, 15) is 0 Å². The molecule has 1 aromatic heterocycles. The Labute approximate surface area is 104 Å². The molecule has 2 heterocycles. The van der Waals surface area contributed by atoms with Crippen LogP contribution in [0.2, 0.25) is 0 Å². The number of unbranched alkanes of at least 4 members (excludes halogenated alkanes) is 2. The van der Waals surface area contributed by atoms with Crippen LogP contribution in [0.15, 0.2) is 24.5 Å². The third-order valence-corrected chi connectivity index (χ3v) is 3.58. The maximum Gasteiger partial charge on any atom is 0.0363 e. The molecule has 17 heavy (non-hydrogen) atoms. The van der Waals surface area contributed by atoms with Crippen molar-refractivity contribution in [3.63, 3.8) is 0 Å². The summed E-state index contributed by atoms with van der Waals surface area (Å²) in [6.45, 7) is 3.27. The van der Waals surface area contributed by atoms with Crippen LogP contribution in [0.1, 0.15) is 43.7 Å². The molecule has 0 saturated carbocycles. The number of nitrogens with zero attached hydrogens (tertiary/aromatic N) is 2. The van der Waals surface area contributed by atoms with Gasteiger partial charge in [-0.3, -0.25) is 9.88 Å². The summed E-state index contributed by atoms with van der Waals surface area (Å²) >= 11 is 0. The van der Waals surface area contributed by atoms with Gasteiger partial charge in [-0.25, -0.2) is 0 Å². The molecule has 1 atom stereocenters. The monoisotopic (exact) mass is 233 g/mol. The molecule has 1 fully saturated rings. The van der Waals surface area contributed by atoms with Crippen molar-refractivity contribution in [2.24, 2.45) is 5.73 Å². The fourth-order valence-electron chi connectivity index (χ4n) is 2.68. The van der Waals surface area contributed by atoms with Crippen LogP contribution in [-0.4, -0.2) is 29.5 Å². The smallest absolute Gasteiger partial charge is 0.0363 e. The Kier molecular flexibility index (Phi) is 4.95. The summed E-state index contributed by atoms with van der Waals surface area (Å²) in [6, 6.07) is 4.84. The molecule has 0 unspecified atom stereocenters. The minimum atomic E-state index is 0.599. The van der Waals surface area contributed by atoms with Gasteiger partial charge < -0.3 is 5.73 Å². The first kappa shape index (κ1) is 12.5. The molecule has 0 aromatic carbocycles. The number of rotatable bonds is 6. The van der Waals surface area contributed by atoms with E-state index < -0.39 is 0 Å². The highest BCUT2D eigenvalue weighted by Gasteiger charge is 2.25. The normalized spacial score (nSPS) is 20.9. The second kappa shape index (κ2) is 6.72. The number of nitrogens with two attached hydrogens (primary N) is 1. The number of hydrogen-bond donors (Lipinski definition) is 1. The van der Waals surface area contributed by atoms with E-state index >= 15 is 0 Å². The Morgan fingerprint density at radius 3 is 3.06 bits per heavy atom. The van der Waals surface area contributed by atoms with Crippen molar-refractivity contribution < 1.29 is 0 Å². The topological polar surface area (TPSA) is 42.1 Å². The van der Waals surface area contributed by atoms with Crippen molar-refractivity contribution in [1.29, 1.82) is 0 Å². The van der Waals surface area contributed by atoms with Gasteiger partial charge in [0.15, 0.2) is 0 Å². The first-order valence-electron chi connectivity index (χ1n) is 6.76. The Hall–Kier alpha value is -0.930. The van der Waals surface area contributed by atoms with E-state index in [1.54, 1.807) is 0 Å². The highest BCUT2D eigenvalue weighted by atomic mass is 15.2. The number of hydrogen-bond acceptors (Lipinski definition) is 3. The molecule has 0 spiro atoms. The van der Waals surface area contributed by atoms with Crippen LogP contribution in [-0.2, 0) is 0 Å². The molecule has 0 amide bonds. The van der Waals surface area contributed by atoms with Crippen LogP contribution in [0.4, 0.5) is 0 Å². The van der Waals surface area contributed by atoms with Gasteiger partial charge in [0.05, 0.1) is 0 Å². The zero-order chi connectivity index (χ0) is 11.9. The van der Waals surface area contributed by atoms with Crippen molar-refractivity contribution in [2.45, 2.75) is 38.1 Å². The fraction of sp³-hybridized carbons (Fsp3) is 0.643. The zero-order valence-corrected chi connectivity index (χ0v) is 10.5. The number of aromatic nitrogens is 1. The first-order valence-corrected chi connectivity index (χ1v) is 6.76. The van der Waals surface area contributed by atoms with Gasteiger partial charge in [-0.05, 0) is 56.9 Å². The van der Waals surface area contributed by atoms with Crippen LogP contribution in [0.5, 0.6) is 0 Å². The van der Waals surface area contributed by atoms with Crippen molar-refractivity contribution in [3.05, 3.63) is 30.1 Å². The molecule has 1 aliphatic heterocycles. The van der Waals surface area contributed by atoms with Crippen LogP contribution in [0.3, 0.4) is 0 Å². The van der Waals surface area contributed by atoms with Gasteiger partial charge in [-0.1, -0.05) is 12.5 Å². The van der Waals surface area contributed by atoms with Crippen molar-refractivity contribution in [3.8, 4) is 0 Å². The summed E-state index contributed by atoms with van der Waals surface area (Å²) in [6.07, 6.45) is 10.2. The molecule has 2 rings (SSSR count). The van der Waals surface area contributed by atoms with Crippen molar-refractivity contribution in [2.75, 3.05) is 19.6 Å². The van der Waals surface area contributed by atoms with Gasteiger partial charge >= 0.3 is 0 Å². The lowest BCUT2D eigenvalue weighted by atomic mass is 10.1. The molecule has 3 nitrogen and oxygen atoms in total.